The van der Waals surface area contributed by atoms with Crippen molar-refractivity contribution < 1.29 is 0 Å². The van der Waals surface area contributed by atoms with E-state index < -0.39 is 0 Å². The molecule has 0 N–H and O–H groups in total. The van der Waals surface area contributed by atoms with Crippen molar-refractivity contribution in [3.05, 3.63) is 513 Å². The average molecular weight is 1790 g/mol. The molecule has 3 aliphatic heterocycles. The van der Waals surface area contributed by atoms with E-state index in [1.54, 1.807) is 0 Å². The van der Waals surface area contributed by atoms with Crippen molar-refractivity contribution >= 4 is 105 Å². The molecular weight excluding hydrogens is 1690 g/mol. The van der Waals surface area contributed by atoms with Gasteiger partial charge >= 0.3 is 0 Å². The lowest BCUT2D eigenvalue weighted by atomic mass is 9.81. The van der Waals surface area contributed by atoms with Gasteiger partial charge in [-0.15, -0.1) is 0 Å². The quantitative estimate of drug-likeness (QED) is 0.164. The minimum Gasteiger partial charge on any atom is -0.309 e. The third kappa shape index (κ3) is 12.8. The first-order valence-corrected chi connectivity index (χ1v) is 49.2. The standard InChI is InChI=1S/2C47H33N.C43H31N/c1-47(2)42-25-24-34(28-40(42)41-27-32-12-3-4-13-33(32)29-43(41)47)31-16-9-17-35(26-31)48-44-22-7-5-18-36(44)38-20-10-14-30-15-11-21-39(46(30)38)37-19-6-8-23-45(37)48;1-47(2)42-29-34(24-25-36(42)41-27-32-12-3-4-13-33(32)28-43(41)47)31-16-9-17-35(26-31)48-44-22-7-5-18-37(44)39-20-10-14-30-15-11-21-40(46(30)39)38-19-6-8-23-45(38)48;1-43(2)37-23-9-6-20-35(37)42-36(28-14-4-3-5-15-28)26-30(27-38(42)43)44-39-24-10-7-18-31(39)33-21-12-16-29-17-13-22-34(41(29)33)32-19-8-11-25-40(32)44/h2*3-29H,1-2H3;3-27H,1-2H3. The molecule has 0 fully saturated rings. The SMILES string of the molecule is CC1(C)c2cc(-c3cccc(N4c5ccccc5-c5cccc6cccc(c56)-c5ccccc54)c3)ccc2-c2cc3ccccc3cc21.CC1(C)c2ccc(-c3cccc(N4c5ccccc5-c5cccc6cccc(c56)-c5ccccc54)c3)cc2-c2cc3ccccc3cc21.CC1(C)c2ccccc2-c2c(-c3ccccc3)cc(N3c4ccccc4-c4cccc5cccc(c45)-c4ccccc43)cc21. The Morgan fingerprint density at radius 2 is 0.414 bits per heavy atom. The van der Waals surface area contributed by atoms with E-state index in [-0.39, 0.29) is 16.2 Å². The van der Waals surface area contributed by atoms with Gasteiger partial charge in [0.1, 0.15) is 0 Å². The topological polar surface area (TPSA) is 9.72 Å². The van der Waals surface area contributed by atoms with Gasteiger partial charge in [0.2, 0.25) is 0 Å². The van der Waals surface area contributed by atoms with Gasteiger partial charge in [0.05, 0.1) is 34.1 Å². The van der Waals surface area contributed by atoms with E-state index in [1.165, 1.54) is 261 Å². The molecule has 29 rings (SSSR count). The molecule has 23 aromatic carbocycles. The normalized spacial score (nSPS) is 13.8. The van der Waals surface area contributed by atoms with Crippen LogP contribution in [0, 0.1) is 0 Å². The van der Waals surface area contributed by atoms with Crippen LogP contribution in [-0.2, 0) is 16.2 Å². The molecule has 0 saturated heterocycles. The van der Waals surface area contributed by atoms with Crippen LogP contribution < -0.4 is 14.7 Å². The summed E-state index contributed by atoms with van der Waals surface area (Å²) >= 11 is 0. The maximum atomic E-state index is 2.51. The van der Waals surface area contributed by atoms with Crippen molar-refractivity contribution in [3.8, 4) is 134 Å². The molecule has 660 valence electrons. The monoisotopic (exact) mass is 1780 g/mol. The highest BCUT2D eigenvalue weighted by molar-refractivity contribution is 6.17. The molecule has 140 heavy (non-hydrogen) atoms. The van der Waals surface area contributed by atoms with Crippen LogP contribution in [0.3, 0.4) is 0 Å². The van der Waals surface area contributed by atoms with Gasteiger partial charge in [-0.2, -0.15) is 0 Å². The minimum atomic E-state index is -0.133. The Kier molecular flexibility index (Phi) is 18.8. The first-order chi connectivity index (χ1) is 68.7. The Morgan fingerprint density at radius 3 is 0.836 bits per heavy atom. The van der Waals surface area contributed by atoms with E-state index >= 15 is 0 Å². The summed E-state index contributed by atoms with van der Waals surface area (Å²) < 4.78 is 0. The van der Waals surface area contributed by atoms with Gasteiger partial charge in [-0.25, -0.2) is 0 Å². The number of benzene rings is 23. The van der Waals surface area contributed by atoms with Crippen LogP contribution in [0.2, 0.25) is 0 Å². The van der Waals surface area contributed by atoms with Gasteiger partial charge < -0.3 is 14.7 Å². The van der Waals surface area contributed by atoms with Crippen LogP contribution in [0.5, 0.6) is 0 Å². The van der Waals surface area contributed by atoms with Crippen LogP contribution in [0.1, 0.15) is 74.9 Å². The molecule has 0 saturated carbocycles. The molecule has 0 atom stereocenters. The van der Waals surface area contributed by atoms with Crippen LogP contribution in [-0.4, -0.2) is 0 Å². The second-order valence-corrected chi connectivity index (χ2v) is 40.1. The predicted molar refractivity (Wildman–Crippen MR) is 593 cm³/mol. The zero-order valence-corrected chi connectivity index (χ0v) is 79.0. The molecule has 3 nitrogen and oxygen atoms in total. The summed E-state index contributed by atoms with van der Waals surface area (Å²) in [6, 6.07) is 178. The number of nitrogens with zero attached hydrogens (tertiary/aromatic N) is 3. The number of anilines is 9. The van der Waals surface area contributed by atoms with Crippen molar-refractivity contribution in [2.45, 2.75) is 57.8 Å². The molecule has 0 amide bonds. The first kappa shape index (κ1) is 82.2. The fourth-order valence-electron chi connectivity index (χ4n) is 24.6. The van der Waals surface area contributed by atoms with Gasteiger partial charge in [-0.1, -0.05) is 412 Å². The van der Waals surface area contributed by atoms with Crippen molar-refractivity contribution in [2.24, 2.45) is 0 Å². The van der Waals surface area contributed by atoms with Crippen LogP contribution >= 0.6 is 0 Å². The lowest BCUT2D eigenvalue weighted by molar-refractivity contribution is 0.660. The molecule has 3 heteroatoms. The fraction of sp³-hybridized carbons (Fsp3) is 0.0657. The number of hydrogen-bond acceptors (Lipinski definition) is 3. The maximum Gasteiger partial charge on any atom is 0.0540 e. The van der Waals surface area contributed by atoms with Gasteiger partial charge in [0, 0.05) is 66.7 Å². The zero-order chi connectivity index (χ0) is 93.4. The van der Waals surface area contributed by atoms with Gasteiger partial charge in [0.25, 0.3) is 0 Å². The maximum absolute atomic E-state index is 2.51. The molecule has 6 aliphatic rings. The Labute approximate surface area is 817 Å². The van der Waals surface area contributed by atoms with Crippen molar-refractivity contribution in [3.63, 3.8) is 0 Å². The zero-order valence-electron chi connectivity index (χ0n) is 79.0. The van der Waals surface area contributed by atoms with Crippen molar-refractivity contribution in [1.29, 1.82) is 0 Å². The summed E-state index contributed by atoms with van der Waals surface area (Å²) in [4.78, 5) is 7.42. The van der Waals surface area contributed by atoms with Crippen LogP contribution in [0.15, 0.2) is 479 Å². The molecule has 3 aliphatic carbocycles. The molecule has 0 aromatic heterocycles. The third-order valence-electron chi connectivity index (χ3n) is 31.3. The summed E-state index contributed by atoms with van der Waals surface area (Å²) in [7, 11) is 0. The summed E-state index contributed by atoms with van der Waals surface area (Å²) in [5.41, 5.74) is 49.2. The smallest absolute Gasteiger partial charge is 0.0540 e. The molecular formula is C137H97N3. The van der Waals surface area contributed by atoms with E-state index in [2.05, 4.69) is 535 Å². The van der Waals surface area contributed by atoms with Crippen molar-refractivity contribution in [1.82, 2.24) is 0 Å². The molecule has 3 heterocycles. The second-order valence-electron chi connectivity index (χ2n) is 40.1. The highest BCUT2D eigenvalue weighted by atomic mass is 15.2. The molecule has 0 unspecified atom stereocenters. The second kappa shape index (κ2) is 31.9. The third-order valence-corrected chi connectivity index (χ3v) is 31.3. The Balaban J connectivity index is 0.000000106. The van der Waals surface area contributed by atoms with E-state index in [1.807, 2.05) is 0 Å². The highest BCUT2D eigenvalue weighted by Crippen LogP contribution is 2.61. The Bertz CT molecular complexity index is 8890. The van der Waals surface area contributed by atoms with E-state index in [4.69, 9.17) is 0 Å². The highest BCUT2D eigenvalue weighted by Gasteiger charge is 2.42. The summed E-state index contributed by atoms with van der Waals surface area (Å²) in [5.74, 6) is 0. The minimum absolute atomic E-state index is 0.0494. The predicted octanol–water partition coefficient (Wildman–Crippen LogP) is 38.1. The molecule has 0 bridgehead atoms. The number of para-hydroxylation sites is 6. The lowest BCUT2D eigenvalue weighted by Crippen LogP contribution is -2.18. The van der Waals surface area contributed by atoms with E-state index in [0.29, 0.717) is 0 Å². The first-order valence-electron chi connectivity index (χ1n) is 49.2. The molecule has 0 radical (unpaired) electrons. The van der Waals surface area contributed by atoms with Crippen LogP contribution in [0.25, 0.3) is 187 Å². The summed E-state index contributed by atoms with van der Waals surface area (Å²) in [6.07, 6.45) is 0. The van der Waals surface area contributed by atoms with Gasteiger partial charge in [-0.05, 0) is 297 Å². The summed E-state index contributed by atoms with van der Waals surface area (Å²) in [5, 5.41) is 12.9. The fourth-order valence-corrected chi connectivity index (χ4v) is 24.6. The Morgan fingerprint density at radius 1 is 0.136 bits per heavy atom. The molecule has 23 aromatic rings. The average Bonchev–Trinajstić information content (AvgIpc) is 1.46. The van der Waals surface area contributed by atoms with E-state index in [9.17, 15) is 0 Å². The Hall–Kier alpha value is -17.2. The lowest BCUT2D eigenvalue weighted by Gasteiger charge is -2.33. The van der Waals surface area contributed by atoms with Gasteiger partial charge in [-0.3, -0.25) is 0 Å². The number of rotatable bonds is 6. The largest absolute Gasteiger partial charge is 0.309 e. The van der Waals surface area contributed by atoms with E-state index in [0.717, 1.165) is 11.4 Å². The van der Waals surface area contributed by atoms with Gasteiger partial charge in [0.15, 0.2) is 0 Å². The number of fused-ring (bicyclic) bond motifs is 23. The molecule has 0 spiro atoms. The summed E-state index contributed by atoms with van der Waals surface area (Å²) in [6.45, 7) is 14.2. The number of hydrogen-bond donors (Lipinski definition) is 0. The van der Waals surface area contributed by atoms with Crippen molar-refractivity contribution in [2.75, 3.05) is 14.7 Å². The van der Waals surface area contributed by atoms with Crippen LogP contribution in [0.4, 0.5) is 51.2 Å².